The number of aliphatic hydroxyl groups is 1. The quantitative estimate of drug-likeness (QED) is 0.883. The van der Waals surface area contributed by atoms with Crippen molar-refractivity contribution in [1.29, 1.82) is 0 Å². The van der Waals surface area contributed by atoms with Gasteiger partial charge in [0.15, 0.2) is 0 Å². The molecular formula is C17H29ClN2O. The second-order valence-corrected chi connectivity index (χ2v) is 7.23. The smallest absolute Gasteiger partial charge is 0.0848 e. The van der Waals surface area contributed by atoms with Crippen molar-refractivity contribution in [2.45, 2.75) is 72.4 Å². The molecule has 21 heavy (non-hydrogen) atoms. The van der Waals surface area contributed by atoms with Crippen LogP contribution in [0, 0.1) is 24.7 Å². The van der Waals surface area contributed by atoms with E-state index in [0.717, 1.165) is 47.6 Å². The molecule has 0 amide bonds. The Balaban J connectivity index is 1.98. The van der Waals surface area contributed by atoms with Crippen LogP contribution in [-0.2, 0) is 13.0 Å². The van der Waals surface area contributed by atoms with Gasteiger partial charge in [-0.25, -0.2) is 0 Å². The van der Waals surface area contributed by atoms with Gasteiger partial charge in [0, 0.05) is 13.0 Å². The first-order valence-corrected chi connectivity index (χ1v) is 8.71. The second-order valence-electron chi connectivity index (χ2n) is 6.85. The maximum atomic E-state index is 10.6. The topological polar surface area (TPSA) is 38.0 Å². The molecule has 1 aromatic heterocycles. The molecule has 1 fully saturated rings. The molecule has 1 heterocycles. The molecule has 3 nitrogen and oxygen atoms in total. The van der Waals surface area contributed by atoms with Crippen molar-refractivity contribution in [3.8, 4) is 0 Å². The molecule has 4 heteroatoms. The number of nitrogens with zero attached hydrogens (tertiary/aromatic N) is 2. The van der Waals surface area contributed by atoms with Crippen LogP contribution in [0.5, 0.6) is 0 Å². The Morgan fingerprint density at radius 1 is 1.24 bits per heavy atom. The van der Waals surface area contributed by atoms with E-state index >= 15 is 0 Å². The molecule has 1 saturated carbocycles. The van der Waals surface area contributed by atoms with Crippen LogP contribution < -0.4 is 0 Å². The van der Waals surface area contributed by atoms with E-state index in [1.165, 1.54) is 12.8 Å². The van der Waals surface area contributed by atoms with Gasteiger partial charge in [-0.3, -0.25) is 4.68 Å². The third-order valence-corrected chi connectivity index (χ3v) is 5.65. The fourth-order valence-corrected chi connectivity index (χ4v) is 3.84. The van der Waals surface area contributed by atoms with E-state index in [1.54, 1.807) is 0 Å². The highest BCUT2D eigenvalue weighted by molar-refractivity contribution is 6.31. The zero-order valence-electron chi connectivity index (χ0n) is 13.8. The molecule has 0 radical (unpaired) electrons. The highest BCUT2D eigenvalue weighted by atomic mass is 35.5. The van der Waals surface area contributed by atoms with E-state index in [2.05, 4.69) is 25.9 Å². The van der Waals surface area contributed by atoms with Gasteiger partial charge < -0.3 is 5.11 Å². The van der Waals surface area contributed by atoms with E-state index in [9.17, 15) is 5.11 Å². The number of hydrogen-bond donors (Lipinski definition) is 1. The van der Waals surface area contributed by atoms with Crippen LogP contribution in [0.15, 0.2) is 0 Å². The highest BCUT2D eigenvalue weighted by Crippen LogP contribution is 2.36. The van der Waals surface area contributed by atoms with Crippen molar-refractivity contribution in [2.75, 3.05) is 0 Å². The standard InChI is InChI=1S/C17H29ClN2O/c1-5-20-15(17(18)12(4)19-20)10-16(21)14-8-6-13(7-9-14)11(2)3/h11,13-14,16,21H,5-10H2,1-4H3. The van der Waals surface area contributed by atoms with E-state index in [0.29, 0.717) is 12.3 Å². The number of aromatic nitrogens is 2. The fourth-order valence-electron chi connectivity index (χ4n) is 3.63. The molecule has 1 aliphatic carbocycles. The lowest BCUT2D eigenvalue weighted by atomic mass is 9.74. The van der Waals surface area contributed by atoms with E-state index in [-0.39, 0.29) is 6.10 Å². The number of hydrogen-bond acceptors (Lipinski definition) is 2. The molecular weight excluding hydrogens is 284 g/mol. The van der Waals surface area contributed by atoms with Crippen LogP contribution in [0.4, 0.5) is 0 Å². The van der Waals surface area contributed by atoms with Gasteiger partial charge in [0.2, 0.25) is 0 Å². The molecule has 1 N–H and O–H groups in total. The molecule has 120 valence electrons. The van der Waals surface area contributed by atoms with Crippen molar-refractivity contribution in [3.63, 3.8) is 0 Å². The first-order valence-electron chi connectivity index (χ1n) is 8.33. The Morgan fingerprint density at radius 3 is 2.33 bits per heavy atom. The third-order valence-electron chi connectivity index (χ3n) is 5.16. The van der Waals surface area contributed by atoms with Crippen molar-refractivity contribution >= 4 is 11.6 Å². The lowest BCUT2D eigenvalue weighted by molar-refractivity contribution is 0.0660. The van der Waals surface area contributed by atoms with Crippen molar-refractivity contribution in [2.24, 2.45) is 17.8 Å². The summed E-state index contributed by atoms with van der Waals surface area (Å²) in [6, 6.07) is 0. The Labute approximate surface area is 133 Å². The predicted octanol–water partition coefficient (Wildman–Crippen LogP) is 4.23. The van der Waals surface area contributed by atoms with Crippen molar-refractivity contribution in [3.05, 3.63) is 16.4 Å². The Kier molecular flexibility index (Phi) is 5.73. The summed E-state index contributed by atoms with van der Waals surface area (Å²) in [5.41, 5.74) is 1.86. The maximum Gasteiger partial charge on any atom is 0.0848 e. The minimum atomic E-state index is -0.294. The Bertz CT molecular complexity index is 462. The van der Waals surface area contributed by atoms with Crippen molar-refractivity contribution in [1.82, 2.24) is 9.78 Å². The van der Waals surface area contributed by atoms with Gasteiger partial charge in [-0.1, -0.05) is 25.4 Å². The summed E-state index contributed by atoms with van der Waals surface area (Å²) in [7, 11) is 0. The van der Waals surface area contributed by atoms with Crippen LogP contribution in [0.1, 0.15) is 57.8 Å². The summed E-state index contributed by atoms with van der Waals surface area (Å²) < 4.78 is 1.93. The summed E-state index contributed by atoms with van der Waals surface area (Å²) in [6.45, 7) is 9.41. The summed E-state index contributed by atoms with van der Waals surface area (Å²) in [4.78, 5) is 0. The van der Waals surface area contributed by atoms with Crippen LogP contribution in [0.2, 0.25) is 5.02 Å². The largest absolute Gasteiger partial charge is 0.392 e. The van der Waals surface area contributed by atoms with Gasteiger partial charge in [0.05, 0.1) is 22.5 Å². The Hall–Kier alpha value is -0.540. The monoisotopic (exact) mass is 312 g/mol. The average Bonchev–Trinajstić information content (AvgIpc) is 2.75. The minimum Gasteiger partial charge on any atom is -0.392 e. The number of aryl methyl sites for hydroxylation is 2. The zero-order valence-corrected chi connectivity index (χ0v) is 14.5. The number of aliphatic hydroxyl groups excluding tert-OH is 1. The van der Waals surface area contributed by atoms with Gasteiger partial charge in [-0.2, -0.15) is 5.10 Å². The average molecular weight is 313 g/mol. The van der Waals surface area contributed by atoms with Gasteiger partial charge in [-0.15, -0.1) is 0 Å². The minimum absolute atomic E-state index is 0.294. The maximum absolute atomic E-state index is 10.6. The van der Waals surface area contributed by atoms with Crippen LogP contribution in [0.3, 0.4) is 0 Å². The molecule has 0 aromatic carbocycles. The molecule has 0 spiro atoms. The molecule has 1 aromatic rings. The molecule has 0 bridgehead atoms. The lowest BCUT2D eigenvalue weighted by Crippen LogP contribution is -2.29. The zero-order chi connectivity index (χ0) is 15.6. The van der Waals surface area contributed by atoms with E-state index < -0.39 is 0 Å². The predicted molar refractivity (Wildman–Crippen MR) is 87.6 cm³/mol. The summed E-state index contributed by atoms with van der Waals surface area (Å²) in [6.07, 6.45) is 5.11. The van der Waals surface area contributed by atoms with Crippen LogP contribution in [-0.4, -0.2) is 21.0 Å². The van der Waals surface area contributed by atoms with Gasteiger partial charge >= 0.3 is 0 Å². The molecule has 0 aliphatic heterocycles. The fraction of sp³-hybridized carbons (Fsp3) is 0.824. The molecule has 0 saturated heterocycles. The Morgan fingerprint density at radius 2 is 1.81 bits per heavy atom. The SMILES string of the molecule is CCn1nc(C)c(Cl)c1CC(O)C1CCC(C(C)C)CC1. The van der Waals surface area contributed by atoms with Crippen LogP contribution in [0.25, 0.3) is 0 Å². The normalized spacial score (nSPS) is 24.5. The molecule has 2 rings (SSSR count). The molecule has 1 unspecified atom stereocenters. The van der Waals surface area contributed by atoms with Gasteiger partial charge in [-0.05, 0) is 57.3 Å². The summed E-state index contributed by atoms with van der Waals surface area (Å²) >= 11 is 6.35. The number of rotatable bonds is 5. The lowest BCUT2D eigenvalue weighted by Gasteiger charge is -2.33. The van der Waals surface area contributed by atoms with Gasteiger partial charge in [0.25, 0.3) is 0 Å². The van der Waals surface area contributed by atoms with Gasteiger partial charge in [0.1, 0.15) is 0 Å². The molecule has 1 aliphatic rings. The highest BCUT2D eigenvalue weighted by Gasteiger charge is 2.29. The van der Waals surface area contributed by atoms with E-state index in [1.807, 2.05) is 11.6 Å². The first kappa shape index (κ1) is 16.8. The first-order chi connectivity index (χ1) is 9.93. The van der Waals surface area contributed by atoms with E-state index in [4.69, 9.17) is 11.6 Å². The summed E-state index contributed by atoms with van der Waals surface area (Å²) in [5, 5.41) is 15.8. The summed E-state index contributed by atoms with van der Waals surface area (Å²) in [5.74, 6) is 2.01. The third kappa shape index (κ3) is 3.81. The van der Waals surface area contributed by atoms with Crippen LogP contribution >= 0.6 is 11.6 Å². The number of halogens is 1. The molecule has 1 atom stereocenters. The van der Waals surface area contributed by atoms with Crippen molar-refractivity contribution < 1.29 is 5.11 Å². The second kappa shape index (κ2) is 7.15.